The van der Waals surface area contributed by atoms with E-state index in [4.69, 9.17) is 4.58 Å². The van der Waals surface area contributed by atoms with Crippen LogP contribution in [0.25, 0.3) is 0 Å². The van der Waals surface area contributed by atoms with Gasteiger partial charge in [0.15, 0.2) is 0 Å². The lowest BCUT2D eigenvalue weighted by Gasteiger charge is -2.11. The Balaban J connectivity index is 3.11. The van der Waals surface area contributed by atoms with Crippen molar-refractivity contribution in [1.29, 1.82) is 0 Å². The molecule has 5 nitrogen and oxygen atoms in total. The van der Waals surface area contributed by atoms with Gasteiger partial charge in [-0.25, -0.2) is 4.89 Å². The van der Waals surface area contributed by atoms with Gasteiger partial charge >= 0.3 is 0 Å². The van der Waals surface area contributed by atoms with E-state index >= 15 is 0 Å². The Morgan fingerprint density at radius 1 is 1.56 bits per heavy atom. The SMILES string of the molecule is COOO[Si]CCCSCC(C)NC(C)=O. The average molecular weight is 265 g/mol. The van der Waals surface area contributed by atoms with Crippen molar-refractivity contribution in [3.8, 4) is 0 Å². The van der Waals surface area contributed by atoms with Crippen LogP contribution in [0.3, 0.4) is 0 Å². The van der Waals surface area contributed by atoms with Crippen LogP contribution < -0.4 is 5.32 Å². The Labute approximate surface area is 103 Å². The van der Waals surface area contributed by atoms with Crippen LogP contribution in [0.15, 0.2) is 0 Å². The van der Waals surface area contributed by atoms with Crippen molar-refractivity contribution in [2.45, 2.75) is 32.4 Å². The van der Waals surface area contributed by atoms with Crippen LogP contribution in [0.1, 0.15) is 20.3 Å². The van der Waals surface area contributed by atoms with Gasteiger partial charge in [0, 0.05) is 18.7 Å². The Morgan fingerprint density at radius 2 is 2.31 bits per heavy atom. The van der Waals surface area contributed by atoms with Gasteiger partial charge in [0.2, 0.25) is 5.91 Å². The molecule has 0 saturated carbocycles. The van der Waals surface area contributed by atoms with Crippen LogP contribution in [0, 0.1) is 0 Å². The lowest BCUT2D eigenvalue weighted by molar-refractivity contribution is -0.456. The molecule has 1 unspecified atom stereocenters. The summed E-state index contributed by atoms with van der Waals surface area (Å²) in [5.41, 5.74) is 0. The molecule has 0 aromatic heterocycles. The molecule has 0 fully saturated rings. The highest BCUT2D eigenvalue weighted by Gasteiger charge is 2.02. The third kappa shape index (κ3) is 12.0. The van der Waals surface area contributed by atoms with Crippen LogP contribution in [0.2, 0.25) is 6.04 Å². The van der Waals surface area contributed by atoms with E-state index in [1.165, 1.54) is 14.0 Å². The maximum Gasteiger partial charge on any atom is 0.287 e. The fourth-order valence-electron chi connectivity index (χ4n) is 0.995. The molecule has 1 amide bonds. The van der Waals surface area contributed by atoms with E-state index in [9.17, 15) is 4.79 Å². The second kappa shape index (κ2) is 11.4. The maximum atomic E-state index is 10.7. The zero-order chi connectivity index (χ0) is 12.2. The highest BCUT2D eigenvalue weighted by Crippen LogP contribution is 2.06. The Hall–Kier alpha value is -0.0831. The van der Waals surface area contributed by atoms with Crippen molar-refractivity contribution in [3.63, 3.8) is 0 Å². The van der Waals surface area contributed by atoms with Crippen LogP contribution in [0.5, 0.6) is 0 Å². The standard InChI is InChI=1S/C9H19NO4SSi/c1-8(10-9(2)11)7-15-5-4-6-16-14-13-12-3/h8H,4-7H2,1-3H3,(H,10,11). The summed E-state index contributed by atoms with van der Waals surface area (Å²) in [5, 5.41) is 7.12. The minimum atomic E-state index is 0.0275. The van der Waals surface area contributed by atoms with Gasteiger partial charge in [-0.05, 0) is 25.1 Å². The summed E-state index contributed by atoms with van der Waals surface area (Å²) in [4.78, 5) is 15.0. The molecule has 2 radical (unpaired) electrons. The lowest BCUT2D eigenvalue weighted by atomic mass is 10.4. The molecule has 0 aliphatic rings. The molecule has 94 valence electrons. The molecule has 1 N–H and O–H groups in total. The van der Waals surface area contributed by atoms with Gasteiger partial charge in [0.05, 0.1) is 7.11 Å². The lowest BCUT2D eigenvalue weighted by Crippen LogP contribution is -2.32. The van der Waals surface area contributed by atoms with Crippen LogP contribution in [-0.4, -0.2) is 40.3 Å². The highest BCUT2D eigenvalue weighted by molar-refractivity contribution is 7.99. The summed E-state index contributed by atoms with van der Waals surface area (Å²) in [6.45, 7) is 3.54. The molecule has 0 spiro atoms. The van der Waals surface area contributed by atoms with Gasteiger partial charge in [0.1, 0.15) is 0 Å². The average Bonchev–Trinajstić information content (AvgIpc) is 2.21. The van der Waals surface area contributed by atoms with Gasteiger partial charge in [0.25, 0.3) is 9.76 Å². The van der Waals surface area contributed by atoms with E-state index in [2.05, 4.69) is 15.2 Å². The second-order valence-corrected chi connectivity index (χ2v) is 5.35. The normalized spacial score (nSPS) is 12.4. The number of amides is 1. The molecule has 0 bridgehead atoms. The van der Waals surface area contributed by atoms with Gasteiger partial charge in [-0.1, -0.05) is 5.04 Å². The fraction of sp³-hybridized carbons (Fsp3) is 0.889. The molecule has 0 aliphatic carbocycles. The molecule has 0 rings (SSSR count). The Morgan fingerprint density at radius 3 is 2.94 bits per heavy atom. The van der Waals surface area contributed by atoms with Gasteiger partial charge in [-0.15, -0.1) is 0 Å². The van der Waals surface area contributed by atoms with Crippen molar-refractivity contribution >= 4 is 27.4 Å². The van der Waals surface area contributed by atoms with Crippen molar-refractivity contribution in [1.82, 2.24) is 5.32 Å². The van der Waals surface area contributed by atoms with Crippen LogP contribution in [-0.2, 0) is 19.3 Å². The molecule has 0 heterocycles. The first kappa shape index (κ1) is 15.9. The minimum Gasteiger partial charge on any atom is -0.353 e. The van der Waals surface area contributed by atoms with Crippen molar-refractivity contribution in [3.05, 3.63) is 0 Å². The summed E-state index contributed by atoms with van der Waals surface area (Å²) in [6, 6.07) is 1.20. The van der Waals surface area contributed by atoms with Gasteiger partial charge in [-0.3, -0.25) is 9.37 Å². The second-order valence-electron chi connectivity index (χ2n) is 3.24. The fourth-order valence-corrected chi connectivity index (χ4v) is 2.72. The summed E-state index contributed by atoms with van der Waals surface area (Å²) < 4.78 is 4.70. The van der Waals surface area contributed by atoms with E-state index in [-0.39, 0.29) is 11.9 Å². The molecular weight excluding hydrogens is 246 g/mol. The quantitative estimate of drug-likeness (QED) is 0.278. The summed E-state index contributed by atoms with van der Waals surface area (Å²) in [6.07, 6.45) is 1.07. The Kier molecular flexibility index (Phi) is 11.3. The molecule has 16 heavy (non-hydrogen) atoms. The van der Waals surface area contributed by atoms with Gasteiger partial charge in [-0.2, -0.15) is 11.8 Å². The summed E-state index contributed by atoms with van der Waals surface area (Å²) >= 11 is 1.83. The van der Waals surface area contributed by atoms with Crippen LogP contribution >= 0.6 is 11.8 Å². The molecule has 0 saturated heterocycles. The van der Waals surface area contributed by atoms with Gasteiger partial charge < -0.3 is 5.32 Å². The van der Waals surface area contributed by atoms with Crippen molar-refractivity contribution in [2.24, 2.45) is 0 Å². The summed E-state index contributed by atoms with van der Waals surface area (Å²) in [7, 11) is 1.72. The number of carbonyl (C=O) groups excluding carboxylic acids is 1. The minimum absolute atomic E-state index is 0.0275. The number of nitrogens with one attached hydrogen (secondary N) is 1. The largest absolute Gasteiger partial charge is 0.353 e. The molecule has 7 heteroatoms. The van der Waals surface area contributed by atoms with E-state index in [0.717, 1.165) is 24.0 Å². The van der Waals surface area contributed by atoms with E-state index in [1.54, 1.807) is 0 Å². The van der Waals surface area contributed by atoms with E-state index < -0.39 is 0 Å². The number of carbonyl (C=O) groups is 1. The van der Waals surface area contributed by atoms with Crippen LogP contribution in [0.4, 0.5) is 0 Å². The Bertz CT molecular complexity index is 185. The topological polar surface area (TPSA) is 56.8 Å². The zero-order valence-electron chi connectivity index (χ0n) is 9.95. The molecule has 0 aliphatic heterocycles. The third-order valence-corrected chi connectivity index (χ3v) is 3.60. The first-order chi connectivity index (χ1) is 7.66. The summed E-state index contributed by atoms with van der Waals surface area (Å²) in [5.74, 6) is 2.03. The zero-order valence-corrected chi connectivity index (χ0v) is 11.8. The van der Waals surface area contributed by atoms with E-state index in [1.807, 2.05) is 18.7 Å². The number of hydrogen-bond acceptors (Lipinski definition) is 5. The van der Waals surface area contributed by atoms with Crippen molar-refractivity contribution in [2.75, 3.05) is 18.6 Å². The monoisotopic (exact) mass is 265 g/mol. The first-order valence-electron chi connectivity index (χ1n) is 5.11. The highest BCUT2D eigenvalue weighted by atomic mass is 32.2. The maximum absolute atomic E-state index is 10.7. The first-order valence-corrected chi connectivity index (χ1v) is 7.38. The van der Waals surface area contributed by atoms with E-state index in [0.29, 0.717) is 9.76 Å². The number of hydrogen-bond donors (Lipinski definition) is 1. The predicted molar refractivity (Wildman–Crippen MR) is 65.0 cm³/mol. The van der Waals surface area contributed by atoms with Crippen molar-refractivity contribution < 1.29 is 19.3 Å². The third-order valence-electron chi connectivity index (χ3n) is 1.55. The smallest absolute Gasteiger partial charge is 0.287 e. The molecule has 1 atom stereocenters. The molecule has 0 aromatic carbocycles. The molecule has 0 aromatic rings. The predicted octanol–water partition coefficient (Wildman–Crippen LogP) is 1.18. The number of thioether (sulfide) groups is 1. The number of rotatable bonds is 10. The molecular formula is C9H19NO4SSi.